The van der Waals surface area contributed by atoms with Gasteiger partial charge in [-0.15, -0.1) is 11.8 Å². The number of rotatable bonds is 12. The maximum absolute atomic E-state index is 12.1. The molecule has 1 atom stereocenters. The summed E-state index contributed by atoms with van der Waals surface area (Å²) in [5.74, 6) is 2.35. The van der Waals surface area contributed by atoms with E-state index < -0.39 is 6.09 Å². The lowest BCUT2D eigenvalue weighted by Gasteiger charge is -2.19. The number of unbranched alkanes of at least 4 members (excludes halogenated alkanes) is 2. The zero-order valence-electron chi connectivity index (χ0n) is 15.1. The summed E-state index contributed by atoms with van der Waals surface area (Å²) in [6.45, 7) is 1.67. The van der Waals surface area contributed by atoms with E-state index in [9.17, 15) is 9.18 Å². The molecular formula is C18H28FNO4S. The minimum atomic E-state index is -1.03. The molecule has 1 unspecified atom stereocenters. The van der Waals surface area contributed by atoms with Crippen molar-refractivity contribution in [1.82, 2.24) is 5.32 Å². The number of halogens is 1. The van der Waals surface area contributed by atoms with E-state index in [1.54, 1.807) is 26.0 Å². The van der Waals surface area contributed by atoms with Crippen molar-refractivity contribution in [1.29, 1.82) is 0 Å². The SMILES string of the molecule is CCC(Cc1cc(OC)c(SCCCCCF)cc1OC)NC(=O)O. The minimum Gasteiger partial charge on any atom is -0.496 e. The third kappa shape index (κ3) is 7.42. The summed E-state index contributed by atoms with van der Waals surface area (Å²) in [4.78, 5) is 11.9. The van der Waals surface area contributed by atoms with E-state index in [-0.39, 0.29) is 12.7 Å². The van der Waals surface area contributed by atoms with Crippen molar-refractivity contribution in [3.05, 3.63) is 17.7 Å². The Bertz CT molecular complexity index is 542. The fraction of sp³-hybridized carbons (Fsp3) is 0.611. The molecule has 0 spiro atoms. The molecule has 5 nitrogen and oxygen atoms in total. The van der Waals surface area contributed by atoms with Crippen molar-refractivity contribution >= 4 is 17.9 Å². The first kappa shape index (κ1) is 21.4. The lowest BCUT2D eigenvalue weighted by molar-refractivity contribution is 0.189. The molecule has 0 heterocycles. The second-order valence-corrected chi connectivity index (χ2v) is 6.81. The average Bonchev–Trinajstić information content (AvgIpc) is 2.60. The normalized spacial score (nSPS) is 11.8. The van der Waals surface area contributed by atoms with Gasteiger partial charge in [-0.05, 0) is 49.1 Å². The van der Waals surface area contributed by atoms with Gasteiger partial charge in [-0.1, -0.05) is 13.3 Å². The van der Waals surface area contributed by atoms with Crippen LogP contribution in [0, 0.1) is 0 Å². The van der Waals surface area contributed by atoms with Crippen molar-refractivity contribution in [2.24, 2.45) is 0 Å². The summed E-state index contributed by atoms with van der Waals surface area (Å²) in [5.41, 5.74) is 0.904. The van der Waals surface area contributed by atoms with Gasteiger partial charge in [-0.25, -0.2) is 4.79 Å². The van der Waals surface area contributed by atoms with E-state index in [4.69, 9.17) is 14.6 Å². The Morgan fingerprint density at radius 3 is 2.52 bits per heavy atom. The number of alkyl halides is 1. The number of thioether (sulfide) groups is 1. The third-order valence-corrected chi connectivity index (χ3v) is 5.01. The molecule has 1 rings (SSSR count). The number of carboxylic acid groups (broad SMARTS) is 1. The molecule has 1 aromatic rings. The maximum Gasteiger partial charge on any atom is 0.404 e. The Labute approximate surface area is 153 Å². The average molecular weight is 373 g/mol. The molecule has 0 fully saturated rings. The highest BCUT2D eigenvalue weighted by Crippen LogP contribution is 2.36. The highest BCUT2D eigenvalue weighted by molar-refractivity contribution is 7.99. The lowest BCUT2D eigenvalue weighted by Crippen LogP contribution is -2.34. The van der Waals surface area contributed by atoms with Gasteiger partial charge in [0.1, 0.15) is 11.5 Å². The first-order valence-electron chi connectivity index (χ1n) is 8.48. The topological polar surface area (TPSA) is 67.8 Å². The summed E-state index contributed by atoms with van der Waals surface area (Å²) < 4.78 is 23.1. The standard InChI is InChI=1S/C18H28FNO4S/c1-4-14(20-18(21)22)10-13-11-16(24-3)17(12-15(13)23-2)25-9-7-5-6-8-19/h11-12,14,20H,4-10H2,1-3H3,(H,21,22). The highest BCUT2D eigenvalue weighted by atomic mass is 32.2. The van der Waals surface area contributed by atoms with E-state index in [0.29, 0.717) is 19.3 Å². The van der Waals surface area contributed by atoms with Crippen LogP contribution in [0.3, 0.4) is 0 Å². The van der Waals surface area contributed by atoms with E-state index in [2.05, 4.69) is 5.32 Å². The number of carbonyl (C=O) groups is 1. The second-order valence-electron chi connectivity index (χ2n) is 5.67. The number of hydrogen-bond acceptors (Lipinski definition) is 4. The highest BCUT2D eigenvalue weighted by Gasteiger charge is 2.16. The number of hydrogen-bond donors (Lipinski definition) is 2. The molecular weight excluding hydrogens is 345 g/mol. The Kier molecular flexibility index (Phi) is 10.1. The maximum atomic E-state index is 12.1. The Morgan fingerprint density at radius 1 is 1.24 bits per heavy atom. The molecule has 1 amide bonds. The van der Waals surface area contributed by atoms with Gasteiger partial charge < -0.3 is 19.9 Å². The molecule has 0 saturated heterocycles. The smallest absolute Gasteiger partial charge is 0.404 e. The summed E-state index contributed by atoms with van der Waals surface area (Å²) in [6, 6.07) is 3.66. The third-order valence-electron chi connectivity index (χ3n) is 3.89. The van der Waals surface area contributed by atoms with Crippen LogP contribution < -0.4 is 14.8 Å². The molecule has 142 valence electrons. The van der Waals surface area contributed by atoms with E-state index in [1.807, 2.05) is 19.1 Å². The van der Waals surface area contributed by atoms with Crippen LogP contribution in [-0.2, 0) is 6.42 Å². The molecule has 0 bridgehead atoms. The molecule has 0 radical (unpaired) electrons. The van der Waals surface area contributed by atoms with Crippen LogP contribution in [0.4, 0.5) is 9.18 Å². The zero-order valence-corrected chi connectivity index (χ0v) is 16.0. The van der Waals surface area contributed by atoms with Crippen LogP contribution in [0.1, 0.15) is 38.2 Å². The van der Waals surface area contributed by atoms with Crippen LogP contribution >= 0.6 is 11.8 Å². The summed E-state index contributed by atoms with van der Waals surface area (Å²) in [7, 11) is 3.22. The van der Waals surface area contributed by atoms with Gasteiger partial charge in [0.15, 0.2) is 0 Å². The molecule has 7 heteroatoms. The van der Waals surface area contributed by atoms with Crippen molar-refractivity contribution in [2.75, 3.05) is 26.6 Å². The quantitative estimate of drug-likeness (QED) is 0.416. The molecule has 0 saturated carbocycles. The molecule has 1 aromatic carbocycles. The molecule has 0 aliphatic rings. The molecule has 0 aromatic heterocycles. The van der Waals surface area contributed by atoms with Crippen LogP contribution in [-0.4, -0.2) is 43.9 Å². The summed E-state index contributed by atoms with van der Waals surface area (Å²) >= 11 is 1.66. The van der Waals surface area contributed by atoms with Gasteiger partial charge >= 0.3 is 6.09 Å². The Hall–Kier alpha value is -1.63. The van der Waals surface area contributed by atoms with E-state index in [1.165, 1.54) is 0 Å². The molecule has 25 heavy (non-hydrogen) atoms. The van der Waals surface area contributed by atoms with Crippen molar-refractivity contribution in [3.8, 4) is 11.5 Å². The fourth-order valence-electron chi connectivity index (χ4n) is 2.50. The fourth-order valence-corrected chi connectivity index (χ4v) is 3.54. The molecule has 0 aliphatic heterocycles. The van der Waals surface area contributed by atoms with Gasteiger partial charge in [0.05, 0.1) is 25.8 Å². The molecule has 0 aliphatic carbocycles. The van der Waals surface area contributed by atoms with Crippen molar-refractivity contribution < 1.29 is 23.8 Å². The molecule has 2 N–H and O–H groups in total. The monoisotopic (exact) mass is 373 g/mol. The number of amides is 1. The summed E-state index contributed by atoms with van der Waals surface area (Å²) in [5, 5.41) is 11.4. The van der Waals surface area contributed by atoms with Crippen molar-refractivity contribution in [2.45, 2.75) is 50.0 Å². The van der Waals surface area contributed by atoms with Gasteiger partial charge in [-0.2, -0.15) is 0 Å². The lowest BCUT2D eigenvalue weighted by atomic mass is 10.0. The zero-order chi connectivity index (χ0) is 18.7. The van der Waals surface area contributed by atoms with Crippen LogP contribution in [0.15, 0.2) is 17.0 Å². The summed E-state index contributed by atoms with van der Waals surface area (Å²) in [6.07, 6.45) is 2.61. The van der Waals surface area contributed by atoms with Crippen LogP contribution in [0.5, 0.6) is 11.5 Å². The van der Waals surface area contributed by atoms with Gasteiger partial charge in [0.2, 0.25) is 0 Å². The Morgan fingerprint density at radius 2 is 1.96 bits per heavy atom. The van der Waals surface area contributed by atoms with Crippen molar-refractivity contribution in [3.63, 3.8) is 0 Å². The van der Waals surface area contributed by atoms with Gasteiger partial charge in [0.25, 0.3) is 0 Å². The first-order chi connectivity index (χ1) is 12.0. The van der Waals surface area contributed by atoms with Crippen LogP contribution in [0.2, 0.25) is 0 Å². The van der Waals surface area contributed by atoms with Gasteiger partial charge in [0, 0.05) is 6.04 Å². The van der Waals surface area contributed by atoms with E-state index in [0.717, 1.165) is 40.6 Å². The van der Waals surface area contributed by atoms with E-state index >= 15 is 0 Å². The number of nitrogens with one attached hydrogen (secondary N) is 1. The minimum absolute atomic E-state index is 0.185. The largest absolute Gasteiger partial charge is 0.496 e. The predicted octanol–water partition coefficient (Wildman–Crippen LogP) is 4.52. The van der Waals surface area contributed by atoms with Crippen LogP contribution in [0.25, 0.3) is 0 Å². The number of methoxy groups -OCH3 is 2. The predicted molar refractivity (Wildman–Crippen MR) is 99.0 cm³/mol. The number of ether oxygens (including phenoxy) is 2. The van der Waals surface area contributed by atoms with Gasteiger partial charge in [-0.3, -0.25) is 4.39 Å². The first-order valence-corrected chi connectivity index (χ1v) is 9.47. The second kappa shape index (κ2) is 11.8. The number of benzene rings is 1. The Balaban J connectivity index is 2.87.